The van der Waals surface area contributed by atoms with E-state index >= 15 is 4.79 Å². The third-order valence-electron chi connectivity index (χ3n) is 17.1. The van der Waals surface area contributed by atoms with Crippen LogP contribution in [0.3, 0.4) is 0 Å². The molecule has 5 fully saturated rings. The average molecular weight is 621 g/mol. The highest BCUT2D eigenvalue weighted by Gasteiger charge is 2.80. The van der Waals surface area contributed by atoms with Gasteiger partial charge in [0.2, 0.25) is 0 Å². The van der Waals surface area contributed by atoms with Gasteiger partial charge < -0.3 is 25.5 Å². The van der Waals surface area contributed by atoms with E-state index in [9.17, 15) is 25.5 Å². The van der Waals surface area contributed by atoms with Crippen molar-refractivity contribution in [3.8, 4) is 0 Å². The van der Waals surface area contributed by atoms with Crippen LogP contribution in [-0.4, -0.2) is 62.3 Å². The van der Waals surface area contributed by atoms with E-state index in [1.165, 1.54) is 5.57 Å². The largest absolute Gasteiger partial charge is 0.396 e. The summed E-state index contributed by atoms with van der Waals surface area (Å²) in [7, 11) is 0. The fraction of sp³-hybridized carbons (Fsp3) is 0.821. The summed E-state index contributed by atoms with van der Waals surface area (Å²) in [6.07, 6.45) is 16.8. The second kappa shape index (κ2) is 9.02. The number of ketones is 1. The molecule has 6 heteroatoms. The van der Waals surface area contributed by atoms with Gasteiger partial charge in [-0.1, -0.05) is 70.9 Å². The first-order chi connectivity index (χ1) is 21.1. The molecule has 9 aliphatic rings. The third kappa shape index (κ3) is 3.15. The minimum absolute atomic E-state index is 0.00966. The van der Waals surface area contributed by atoms with Crippen molar-refractivity contribution < 1.29 is 30.3 Å². The van der Waals surface area contributed by atoms with E-state index in [2.05, 4.69) is 58.9 Å². The molecular weight excluding hydrogens is 564 g/mol. The molecule has 14 atom stereocenters. The number of hydrogen-bond donors (Lipinski definition) is 5. The fourth-order valence-electron chi connectivity index (χ4n) is 15.5. The van der Waals surface area contributed by atoms with Gasteiger partial charge in [-0.05, 0) is 115 Å². The fourth-order valence-corrected chi connectivity index (χ4v) is 15.5. The van der Waals surface area contributed by atoms with Gasteiger partial charge in [-0.3, -0.25) is 4.79 Å². The number of fused-ring (bicyclic) bond motifs is 6. The monoisotopic (exact) mass is 620 g/mol. The minimum Gasteiger partial charge on any atom is -0.396 e. The molecule has 0 saturated heterocycles. The van der Waals surface area contributed by atoms with E-state index in [-0.39, 0.29) is 46.9 Å². The molecule has 1 spiro atoms. The summed E-state index contributed by atoms with van der Waals surface area (Å²) in [4.78, 5) is 15.1. The Bertz CT molecular complexity index is 1410. The molecule has 2 bridgehead atoms. The molecule has 248 valence electrons. The summed E-state index contributed by atoms with van der Waals surface area (Å²) < 4.78 is 0. The van der Waals surface area contributed by atoms with Crippen molar-refractivity contribution in [1.82, 2.24) is 0 Å². The van der Waals surface area contributed by atoms with Crippen molar-refractivity contribution >= 4 is 5.78 Å². The molecule has 5 N–H and O–H groups in total. The first-order valence-corrected chi connectivity index (χ1v) is 18.0. The van der Waals surface area contributed by atoms with Gasteiger partial charge >= 0.3 is 0 Å². The van der Waals surface area contributed by atoms with Gasteiger partial charge in [-0.2, -0.15) is 0 Å². The molecule has 0 heterocycles. The lowest BCUT2D eigenvalue weighted by Gasteiger charge is -2.77. The molecule has 0 amide bonds. The predicted molar refractivity (Wildman–Crippen MR) is 172 cm³/mol. The molecule has 0 radical (unpaired) electrons. The zero-order chi connectivity index (χ0) is 32.2. The van der Waals surface area contributed by atoms with Crippen molar-refractivity contribution in [3.05, 3.63) is 36.0 Å². The number of hydrogen-bond acceptors (Lipinski definition) is 6. The molecule has 0 aliphatic heterocycles. The van der Waals surface area contributed by atoms with Gasteiger partial charge in [0.25, 0.3) is 0 Å². The second-order valence-electron chi connectivity index (χ2n) is 18.8. The van der Waals surface area contributed by atoms with Crippen molar-refractivity contribution in [2.24, 2.45) is 67.5 Å². The average Bonchev–Trinajstić information content (AvgIpc) is 3.21. The number of rotatable bonds is 3. The van der Waals surface area contributed by atoms with Gasteiger partial charge in [-0.15, -0.1) is 0 Å². The van der Waals surface area contributed by atoms with E-state index in [0.29, 0.717) is 25.2 Å². The molecular formula is C39H56O6. The van der Waals surface area contributed by atoms with Crippen LogP contribution in [0, 0.1) is 67.5 Å². The lowest BCUT2D eigenvalue weighted by Crippen LogP contribution is -2.76. The Kier molecular flexibility index (Phi) is 6.21. The summed E-state index contributed by atoms with van der Waals surface area (Å²) in [6.45, 7) is 11.1. The van der Waals surface area contributed by atoms with E-state index in [1.807, 2.05) is 6.08 Å². The van der Waals surface area contributed by atoms with E-state index in [0.717, 1.165) is 44.9 Å². The van der Waals surface area contributed by atoms with Crippen LogP contribution in [0.1, 0.15) is 98.8 Å². The Labute approximate surface area is 269 Å². The van der Waals surface area contributed by atoms with Crippen LogP contribution < -0.4 is 0 Å². The minimum atomic E-state index is -1.19. The predicted octanol–water partition coefficient (Wildman–Crippen LogP) is 5.13. The Morgan fingerprint density at radius 2 is 1.76 bits per heavy atom. The van der Waals surface area contributed by atoms with Gasteiger partial charge in [0.05, 0.1) is 31.0 Å². The van der Waals surface area contributed by atoms with Crippen molar-refractivity contribution in [3.63, 3.8) is 0 Å². The Morgan fingerprint density at radius 3 is 2.47 bits per heavy atom. The molecule has 5 saturated carbocycles. The summed E-state index contributed by atoms with van der Waals surface area (Å²) >= 11 is 0. The first-order valence-electron chi connectivity index (χ1n) is 18.0. The van der Waals surface area contributed by atoms with Crippen LogP contribution in [0.5, 0.6) is 0 Å². The van der Waals surface area contributed by atoms with Gasteiger partial charge in [-0.25, -0.2) is 0 Å². The van der Waals surface area contributed by atoms with Gasteiger partial charge in [0.15, 0.2) is 5.78 Å². The molecule has 0 aromatic rings. The summed E-state index contributed by atoms with van der Waals surface area (Å²) in [5.74, 6) is -0.131. The highest BCUT2D eigenvalue weighted by Crippen LogP contribution is 2.82. The van der Waals surface area contributed by atoms with Crippen molar-refractivity contribution in [2.75, 3.05) is 13.2 Å². The van der Waals surface area contributed by atoms with E-state index < -0.39 is 51.5 Å². The Morgan fingerprint density at radius 1 is 1.00 bits per heavy atom. The summed E-state index contributed by atoms with van der Waals surface area (Å²) in [5.41, 5.74) is -3.32. The number of carbonyl (C=O) groups excluding carboxylic acids is 1. The van der Waals surface area contributed by atoms with E-state index in [4.69, 9.17) is 0 Å². The highest BCUT2D eigenvalue weighted by atomic mass is 16.3. The van der Waals surface area contributed by atoms with Crippen molar-refractivity contribution in [2.45, 2.75) is 117 Å². The molecule has 0 unspecified atom stereocenters. The number of allylic oxidation sites excluding steroid dienone is 5. The molecule has 0 aromatic heterocycles. The molecule has 6 nitrogen and oxygen atoms in total. The van der Waals surface area contributed by atoms with E-state index in [1.54, 1.807) is 0 Å². The molecule has 0 aromatic carbocycles. The number of aliphatic hydroxyl groups is 5. The van der Waals surface area contributed by atoms with Crippen LogP contribution in [0.15, 0.2) is 36.0 Å². The van der Waals surface area contributed by atoms with Crippen LogP contribution in [0.2, 0.25) is 0 Å². The summed E-state index contributed by atoms with van der Waals surface area (Å²) in [5, 5.41) is 58.1. The zero-order valence-corrected chi connectivity index (χ0v) is 28.1. The van der Waals surface area contributed by atoms with Crippen molar-refractivity contribution in [1.29, 1.82) is 0 Å². The maximum atomic E-state index is 15.1. The molecule has 9 aliphatic carbocycles. The zero-order valence-electron chi connectivity index (χ0n) is 28.1. The van der Waals surface area contributed by atoms with Gasteiger partial charge in [0.1, 0.15) is 0 Å². The quantitative estimate of drug-likeness (QED) is 0.280. The Hall–Kier alpha value is -1.31. The molecule has 9 rings (SSSR count). The first kappa shape index (κ1) is 31.0. The SMILES string of the molecule is CC1(C)C[C@@H]2C3=CC(=O)[C@@H]4[C@@]5(C)[C@@H]6C=CC[C@@]([C@H](O)CO)([C@@H](O)C6)[C@H]5CC[C@@]4(C)[C@]3(C)C[C@@]3(O)C=C[C@@H]4CCC[C@]4(C1)[C@@]23CO. The number of aliphatic hydroxyl groups excluding tert-OH is 4. The maximum Gasteiger partial charge on any atom is 0.159 e. The van der Waals surface area contributed by atoms with Crippen LogP contribution in [0.4, 0.5) is 0 Å². The van der Waals surface area contributed by atoms with Crippen LogP contribution in [0.25, 0.3) is 0 Å². The Balaban J connectivity index is 1.34. The maximum absolute atomic E-state index is 15.1. The topological polar surface area (TPSA) is 118 Å². The lowest BCUT2D eigenvalue weighted by atomic mass is 9.27. The summed E-state index contributed by atoms with van der Waals surface area (Å²) in [6, 6.07) is 0. The number of carbonyl (C=O) groups is 1. The molecule has 45 heavy (non-hydrogen) atoms. The smallest absolute Gasteiger partial charge is 0.159 e. The van der Waals surface area contributed by atoms with Gasteiger partial charge in [0, 0.05) is 16.7 Å². The van der Waals surface area contributed by atoms with Crippen LogP contribution >= 0.6 is 0 Å². The second-order valence-corrected chi connectivity index (χ2v) is 18.8. The standard InChI is InChI=1S/C39H56O6/c1-32(2)18-26-25-17-27(42)31-33(3,14-11-28-35(31,5)24-9-7-13-38(28,29(43)16-24)30(44)19-40)34(25,4)21-37(45)15-10-23-8-6-12-36(23,20-32)39(26,37)22-41/h7,9-10,15,17,23-24,26,28-31,40-41,43-45H,6,8,11-14,16,18-22H2,1-5H3/t23-,24+,26+,28-,29-,30+,31-,33+,34+,35-,36+,37-,38-,39+/m0/s1. The van der Waals surface area contributed by atoms with Crippen LogP contribution in [-0.2, 0) is 4.79 Å². The lowest BCUT2D eigenvalue weighted by molar-refractivity contribution is -0.283. The highest BCUT2D eigenvalue weighted by molar-refractivity contribution is 5.96. The normalized spacial score (nSPS) is 57.6. The third-order valence-corrected chi connectivity index (χ3v) is 17.1.